The first-order valence-electron chi connectivity index (χ1n) is 7.75. The highest BCUT2D eigenvalue weighted by Gasteiger charge is 2.44. The summed E-state index contributed by atoms with van der Waals surface area (Å²) in [4.78, 5) is 5.03. The molecule has 0 amide bonds. The standard InChI is InChI=1S/C15H31N3O/c1-17(2)11-13-6-5-9-18(13)15(12-16)8-4-7-14(10-15)19-3/h13-14H,4-12,16H2,1-3H3. The fourth-order valence-corrected chi connectivity index (χ4v) is 4.12. The Morgan fingerprint density at radius 1 is 1.32 bits per heavy atom. The highest BCUT2D eigenvalue weighted by Crippen LogP contribution is 2.38. The molecular formula is C15H31N3O. The Kier molecular flexibility index (Phi) is 5.23. The Bertz CT molecular complexity index is 285. The van der Waals surface area contributed by atoms with Crippen molar-refractivity contribution in [1.82, 2.24) is 9.80 Å². The molecule has 0 aromatic carbocycles. The largest absolute Gasteiger partial charge is 0.381 e. The molecule has 19 heavy (non-hydrogen) atoms. The van der Waals surface area contributed by atoms with Crippen molar-refractivity contribution in [2.24, 2.45) is 5.73 Å². The average Bonchev–Trinajstić information content (AvgIpc) is 2.86. The van der Waals surface area contributed by atoms with E-state index in [-0.39, 0.29) is 5.54 Å². The van der Waals surface area contributed by atoms with E-state index in [4.69, 9.17) is 10.5 Å². The van der Waals surface area contributed by atoms with Gasteiger partial charge in [0.25, 0.3) is 0 Å². The summed E-state index contributed by atoms with van der Waals surface area (Å²) in [5, 5.41) is 0. The molecule has 0 aromatic rings. The number of methoxy groups -OCH3 is 1. The van der Waals surface area contributed by atoms with Crippen LogP contribution >= 0.6 is 0 Å². The van der Waals surface area contributed by atoms with E-state index in [9.17, 15) is 0 Å². The van der Waals surface area contributed by atoms with Crippen molar-refractivity contribution in [2.75, 3.05) is 40.8 Å². The first-order valence-corrected chi connectivity index (χ1v) is 7.75. The van der Waals surface area contributed by atoms with Crippen molar-refractivity contribution in [3.63, 3.8) is 0 Å². The quantitative estimate of drug-likeness (QED) is 0.817. The van der Waals surface area contributed by atoms with E-state index in [0.29, 0.717) is 12.1 Å². The lowest BCUT2D eigenvalue weighted by Gasteiger charge is -2.49. The van der Waals surface area contributed by atoms with Gasteiger partial charge < -0.3 is 15.4 Å². The maximum atomic E-state index is 6.22. The summed E-state index contributed by atoms with van der Waals surface area (Å²) in [6.45, 7) is 3.14. The fraction of sp³-hybridized carbons (Fsp3) is 1.00. The topological polar surface area (TPSA) is 41.7 Å². The Morgan fingerprint density at radius 2 is 2.11 bits per heavy atom. The molecule has 2 fully saturated rings. The minimum absolute atomic E-state index is 0.191. The predicted octanol–water partition coefficient (Wildman–Crippen LogP) is 1.30. The number of hydrogen-bond acceptors (Lipinski definition) is 4. The lowest BCUT2D eigenvalue weighted by Crippen LogP contribution is -2.60. The van der Waals surface area contributed by atoms with Crippen molar-refractivity contribution in [2.45, 2.75) is 56.2 Å². The van der Waals surface area contributed by atoms with Gasteiger partial charge >= 0.3 is 0 Å². The maximum absolute atomic E-state index is 6.22. The molecule has 3 atom stereocenters. The van der Waals surface area contributed by atoms with Crippen LogP contribution in [0.5, 0.6) is 0 Å². The number of likely N-dealkylation sites (N-methyl/N-ethyl adjacent to an activating group) is 1. The summed E-state index contributed by atoms with van der Waals surface area (Å²) in [6, 6.07) is 0.675. The second kappa shape index (κ2) is 6.53. The molecule has 0 spiro atoms. The third-order valence-electron chi connectivity index (χ3n) is 5.05. The molecule has 4 heteroatoms. The van der Waals surface area contributed by atoms with Crippen LogP contribution in [0.1, 0.15) is 38.5 Å². The highest BCUT2D eigenvalue weighted by atomic mass is 16.5. The second-order valence-electron chi connectivity index (χ2n) is 6.63. The molecule has 1 aliphatic carbocycles. The van der Waals surface area contributed by atoms with E-state index in [1.165, 1.54) is 38.6 Å². The van der Waals surface area contributed by atoms with E-state index in [1.807, 2.05) is 7.11 Å². The number of rotatable bonds is 5. The van der Waals surface area contributed by atoms with Crippen LogP contribution in [0, 0.1) is 0 Å². The van der Waals surface area contributed by atoms with Gasteiger partial charge in [-0.2, -0.15) is 0 Å². The normalized spacial score (nSPS) is 37.1. The number of likely N-dealkylation sites (tertiary alicyclic amines) is 1. The van der Waals surface area contributed by atoms with Gasteiger partial charge in [-0.25, -0.2) is 0 Å². The summed E-state index contributed by atoms with van der Waals surface area (Å²) in [6.07, 6.45) is 7.84. The first-order chi connectivity index (χ1) is 9.11. The van der Waals surface area contributed by atoms with Crippen LogP contribution in [0.2, 0.25) is 0 Å². The van der Waals surface area contributed by atoms with Crippen LogP contribution in [0.25, 0.3) is 0 Å². The third-order valence-corrected chi connectivity index (χ3v) is 5.05. The SMILES string of the molecule is COC1CCCC(CN)(N2CCCC2CN(C)C)C1. The van der Waals surface area contributed by atoms with Crippen molar-refractivity contribution in [3.05, 3.63) is 0 Å². The van der Waals surface area contributed by atoms with Crippen LogP contribution in [0.4, 0.5) is 0 Å². The average molecular weight is 269 g/mol. The molecular weight excluding hydrogens is 238 g/mol. The Balaban J connectivity index is 2.10. The summed E-state index contributed by atoms with van der Waals surface area (Å²) < 4.78 is 5.63. The van der Waals surface area contributed by atoms with E-state index in [0.717, 1.165) is 19.5 Å². The molecule has 4 nitrogen and oxygen atoms in total. The molecule has 0 bridgehead atoms. The van der Waals surface area contributed by atoms with E-state index in [2.05, 4.69) is 23.9 Å². The summed E-state index contributed by atoms with van der Waals surface area (Å²) in [7, 11) is 6.19. The van der Waals surface area contributed by atoms with Crippen LogP contribution in [-0.4, -0.2) is 68.3 Å². The van der Waals surface area contributed by atoms with Gasteiger partial charge in [0.15, 0.2) is 0 Å². The van der Waals surface area contributed by atoms with E-state index < -0.39 is 0 Å². The van der Waals surface area contributed by atoms with Crippen molar-refractivity contribution >= 4 is 0 Å². The van der Waals surface area contributed by atoms with Crippen LogP contribution < -0.4 is 5.73 Å². The Hall–Kier alpha value is -0.160. The molecule has 3 unspecified atom stereocenters. The van der Waals surface area contributed by atoms with Gasteiger partial charge in [-0.1, -0.05) is 0 Å². The molecule has 1 aliphatic heterocycles. The molecule has 112 valence electrons. The number of hydrogen-bond donors (Lipinski definition) is 1. The highest BCUT2D eigenvalue weighted by molar-refractivity contribution is 5.01. The first kappa shape index (κ1) is 15.2. The maximum Gasteiger partial charge on any atom is 0.0589 e. The summed E-state index contributed by atoms with van der Waals surface area (Å²) >= 11 is 0. The van der Waals surface area contributed by atoms with Gasteiger partial charge in [0.2, 0.25) is 0 Å². The van der Waals surface area contributed by atoms with Crippen molar-refractivity contribution in [1.29, 1.82) is 0 Å². The van der Waals surface area contributed by atoms with Crippen LogP contribution in [0.3, 0.4) is 0 Å². The molecule has 1 saturated carbocycles. The van der Waals surface area contributed by atoms with Crippen LogP contribution in [0.15, 0.2) is 0 Å². The molecule has 2 rings (SSSR count). The molecule has 0 aromatic heterocycles. The lowest BCUT2D eigenvalue weighted by atomic mass is 9.78. The monoisotopic (exact) mass is 269 g/mol. The molecule has 2 N–H and O–H groups in total. The fourth-order valence-electron chi connectivity index (χ4n) is 4.12. The molecule has 1 heterocycles. The zero-order chi connectivity index (χ0) is 13.9. The van der Waals surface area contributed by atoms with E-state index >= 15 is 0 Å². The van der Waals surface area contributed by atoms with Gasteiger partial charge in [0.05, 0.1) is 6.10 Å². The smallest absolute Gasteiger partial charge is 0.0589 e. The summed E-state index contributed by atoms with van der Waals surface area (Å²) in [5.74, 6) is 0. The Morgan fingerprint density at radius 3 is 2.74 bits per heavy atom. The zero-order valence-electron chi connectivity index (χ0n) is 12.9. The zero-order valence-corrected chi connectivity index (χ0v) is 12.9. The number of nitrogens with two attached hydrogens (primary N) is 1. The van der Waals surface area contributed by atoms with Crippen LogP contribution in [-0.2, 0) is 4.74 Å². The molecule has 1 saturated heterocycles. The predicted molar refractivity (Wildman–Crippen MR) is 79.3 cm³/mol. The minimum atomic E-state index is 0.191. The molecule has 2 aliphatic rings. The van der Waals surface area contributed by atoms with Gasteiger partial charge in [0.1, 0.15) is 0 Å². The third kappa shape index (κ3) is 3.30. The molecule has 0 radical (unpaired) electrons. The van der Waals surface area contributed by atoms with Gasteiger partial charge in [-0.3, -0.25) is 4.90 Å². The van der Waals surface area contributed by atoms with E-state index in [1.54, 1.807) is 0 Å². The van der Waals surface area contributed by atoms with Gasteiger partial charge in [-0.05, 0) is 59.2 Å². The van der Waals surface area contributed by atoms with Crippen molar-refractivity contribution < 1.29 is 4.74 Å². The van der Waals surface area contributed by atoms with Gasteiger partial charge in [-0.15, -0.1) is 0 Å². The van der Waals surface area contributed by atoms with Crippen molar-refractivity contribution in [3.8, 4) is 0 Å². The summed E-state index contributed by atoms with van der Waals surface area (Å²) in [5.41, 5.74) is 6.41. The number of ether oxygens (including phenoxy) is 1. The Labute approximate surface area is 118 Å². The second-order valence-corrected chi connectivity index (χ2v) is 6.63. The van der Waals surface area contributed by atoms with Gasteiger partial charge in [0, 0.05) is 31.8 Å². The lowest BCUT2D eigenvalue weighted by molar-refractivity contribution is -0.0303. The minimum Gasteiger partial charge on any atom is -0.381 e. The number of nitrogens with zero attached hydrogens (tertiary/aromatic N) is 2.